The summed E-state index contributed by atoms with van der Waals surface area (Å²) in [5.74, 6) is 0.473. The number of aliphatic carboxylic acids is 1. The van der Waals surface area contributed by atoms with Crippen LogP contribution in [0.25, 0.3) is 21.8 Å². The maximum atomic E-state index is 11.4. The van der Waals surface area contributed by atoms with Gasteiger partial charge in [0.15, 0.2) is 0 Å². The molecule has 0 amide bonds. The van der Waals surface area contributed by atoms with Crippen molar-refractivity contribution in [2.75, 3.05) is 13.2 Å². The van der Waals surface area contributed by atoms with Crippen LogP contribution in [0, 0.1) is 11.3 Å². The maximum Gasteiger partial charge on any atom is 0.323 e. The highest BCUT2D eigenvalue weighted by Crippen LogP contribution is 2.31. The molecule has 0 radical (unpaired) electrons. The molecule has 0 spiro atoms. The summed E-state index contributed by atoms with van der Waals surface area (Å²) in [6, 6.07) is 23.0. The Kier molecular flexibility index (Phi) is 6.57. The van der Waals surface area contributed by atoms with E-state index in [0.29, 0.717) is 24.5 Å². The Labute approximate surface area is 186 Å². The van der Waals surface area contributed by atoms with E-state index in [1.807, 2.05) is 59.2 Å². The smallest absolute Gasteiger partial charge is 0.323 e. The van der Waals surface area contributed by atoms with Gasteiger partial charge in [-0.1, -0.05) is 30.3 Å². The summed E-state index contributed by atoms with van der Waals surface area (Å²) in [7, 11) is 0. The number of aromatic nitrogens is 1. The van der Waals surface area contributed by atoms with Crippen LogP contribution in [0.15, 0.2) is 66.7 Å². The van der Waals surface area contributed by atoms with Crippen LogP contribution in [0.1, 0.15) is 24.8 Å². The van der Waals surface area contributed by atoms with Crippen LogP contribution in [0.4, 0.5) is 0 Å². The van der Waals surface area contributed by atoms with Crippen LogP contribution in [-0.2, 0) is 11.3 Å². The highest BCUT2D eigenvalue weighted by atomic mass is 16.5. The van der Waals surface area contributed by atoms with E-state index < -0.39 is 5.97 Å². The molecule has 0 aliphatic heterocycles. The van der Waals surface area contributed by atoms with Crippen molar-refractivity contribution in [2.24, 2.45) is 0 Å². The lowest BCUT2D eigenvalue weighted by Crippen LogP contribution is -2.08. The van der Waals surface area contributed by atoms with Crippen molar-refractivity contribution >= 4 is 27.8 Å². The molecule has 4 aromatic rings. The van der Waals surface area contributed by atoms with Gasteiger partial charge in [0.05, 0.1) is 24.3 Å². The number of hydrogen-bond donors (Lipinski definition) is 1. The summed E-state index contributed by atoms with van der Waals surface area (Å²) >= 11 is 0. The summed E-state index contributed by atoms with van der Waals surface area (Å²) in [6.07, 6.45) is 2.69. The van der Waals surface area contributed by atoms with Gasteiger partial charge in [0.2, 0.25) is 0 Å². The molecule has 6 nitrogen and oxygen atoms in total. The number of benzene rings is 3. The number of carboxylic acid groups (broad SMARTS) is 1. The minimum Gasteiger partial charge on any atom is -0.494 e. The number of para-hydroxylation sites is 2. The Hall–Kier alpha value is -3.98. The molecule has 0 saturated carbocycles. The van der Waals surface area contributed by atoms with Crippen LogP contribution in [0.2, 0.25) is 0 Å². The topological polar surface area (TPSA) is 84.5 Å². The van der Waals surface area contributed by atoms with Gasteiger partial charge in [-0.25, -0.2) is 0 Å². The zero-order valence-corrected chi connectivity index (χ0v) is 17.7. The Morgan fingerprint density at radius 2 is 1.59 bits per heavy atom. The van der Waals surface area contributed by atoms with Crippen molar-refractivity contribution < 1.29 is 19.4 Å². The highest BCUT2D eigenvalue weighted by molar-refractivity contribution is 6.08. The number of unbranched alkanes of at least 4 members (excludes halogenated alkanes) is 2. The predicted molar refractivity (Wildman–Crippen MR) is 123 cm³/mol. The highest BCUT2D eigenvalue weighted by Gasteiger charge is 2.13. The number of ether oxygens (including phenoxy) is 2. The Morgan fingerprint density at radius 1 is 0.875 bits per heavy atom. The van der Waals surface area contributed by atoms with Gasteiger partial charge in [-0.15, -0.1) is 0 Å². The largest absolute Gasteiger partial charge is 0.494 e. The molecule has 0 saturated heterocycles. The van der Waals surface area contributed by atoms with Gasteiger partial charge < -0.3 is 19.1 Å². The van der Waals surface area contributed by atoms with Crippen LogP contribution < -0.4 is 9.47 Å². The maximum absolute atomic E-state index is 11.4. The van der Waals surface area contributed by atoms with Crippen molar-refractivity contribution in [1.29, 1.82) is 5.26 Å². The number of nitriles is 1. The molecule has 0 aliphatic rings. The second kappa shape index (κ2) is 9.88. The van der Waals surface area contributed by atoms with E-state index in [2.05, 4.69) is 6.07 Å². The number of carbonyl (C=O) groups is 1. The number of hydrogen-bond acceptors (Lipinski definition) is 4. The average molecular weight is 428 g/mol. The van der Waals surface area contributed by atoms with E-state index in [1.165, 1.54) is 0 Å². The van der Waals surface area contributed by atoms with Crippen molar-refractivity contribution in [3.8, 4) is 17.6 Å². The van der Waals surface area contributed by atoms with Crippen LogP contribution in [0.5, 0.6) is 11.5 Å². The summed E-state index contributed by atoms with van der Waals surface area (Å²) in [5.41, 5.74) is 2.31. The Balaban J connectivity index is 1.32. The normalized spacial score (nSPS) is 10.8. The lowest BCUT2D eigenvalue weighted by atomic mass is 10.1. The van der Waals surface area contributed by atoms with Gasteiger partial charge in [-0.2, -0.15) is 5.26 Å². The van der Waals surface area contributed by atoms with Crippen LogP contribution >= 0.6 is 0 Å². The van der Waals surface area contributed by atoms with Crippen LogP contribution in [0.3, 0.4) is 0 Å². The molecule has 3 aromatic carbocycles. The first-order chi connectivity index (χ1) is 15.7. The molecule has 4 rings (SSSR count). The third-order valence-electron chi connectivity index (χ3n) is 5.36. The number of fused-ring (bicyclic) bond motifs is 3. The third-order valence-corrected chi connectivity index (χ3v) is 5.36. The summed E-state index contributed by atoms with van der Waals surface area (Å²) in [4.78, 5) is 11.4. The van der Waals surface area contributed by atoms with Crippen molar-refractivity contribution in [2.45, 2.75) is 25.8 Å². The standard InChI is InChI=1S/C26H24N2O4/c27-17-19-8-2-5-11-25(19)32-15-7-1-6-14-31-20-12-13-22-21-9-3-4-10-23(21)28(18-26(29)30)24(22)16-20/h2-5,8-13,16H,1,6-7,14-15,18H2,(H,29,30). The molecule has 1 N–H and O–H groups in total. The molecule has 0 aliphatic carbocycles. The molecule has 1 heterocycles. The fraction of sp³-hybridized carbons (Fsp3) is 0.231. The lowest BCUT2D eigenvalue weighted by Gasteiger charge is -2.09. The van der Waals surface area contributed by atoms with Gasteiger partial charge in [0.25, 0.3) is 0 Å². The molecule has 0 bridgehead atoms. The Bertz CT molecular complexity index is 1290. The van der Waals surface area contributed by atoms with Gasteiger partial charge in [-0.3, -0.25) is 4.79 Å². The monoisotopic (exact) mass is 428 g/mol. The first-order valence-electron chi connectivity index (χ1n) is 10.6. The minimum atomic E-state index is -0.876. The number of carboxylic acids is 1. The summed E-state index contributed by atoms with van der Waals surface area (Å²) in [6.45, 7) is 1.03. The van der Waals surface area contributed by atoms with Gasteiger partial charge in [0, 0.05) is 22.4 Å². The molecule has 0 unspecified atom stereocenters. The molecular weight excluding hydrogens is 404 g/mol. The van der Waals surface area contributed by atoms with E-state index >= 15 is 0 Å². The molecule has 0 fully saturated rings. The molecule has 6 heteroatoms. The third kappa shape index (κ3) is 4.68. The van der Waals surface area contributed by atoms with Crippen molar-refractivity contribution in [3.05, 3.63) is 72.3 Å². The lowest BCUT2D eigenvalue weighted by molar-refractivity contribution is -0.137. The second-order valence-corrected chi connectivity index (χ2v) is 7.54. The summed E-state index contributed by atoms with van der Waals surface area (Å²) in [5, 5.41) is 20.5. The van der Waals surface area contributed by atoms with Gasteiger partial charge in [-0.05, 0) is 49.6 Å². The van der Waals surface area contributed by atoms with Gasteiger partial charge in [0.1, 0.15) is 24.1 Å². The van der Waals surface area contributed by atoms with Crippen LogP contribution in [-0.4, -0.2) is 28.9 Å². The SMILES string of the molecule is N#Cc1ccccc1OCCCCCOc1ccc2c3ccccc3n(CC(=O)O)c2c1. The zero-order chi connectivity index (χ0) is 22.3. The second-order valence-electron chi connectivity index (χ2n) is 7.54. The van der Waals surface area contributed by atoms with E-state index in [0.717, 1.165) is 46.8 Å². The Morgan fingerprint density at radius 3 is 2.41 bits per heavy atom. The molecule has 32 heavy (non-hydrogen) atoms. The predicted octanol–water partition coefficient (Wildman–Crippen LogP) is 5.38. The van der Waals surface area contributed by atoms with E-state index in [1.54, 1.807) is 12.1 Å². The van der Waals surface area contributed by atoms with E-state index in [4.69, 9.17) is 14.7 Å². The first kappa shape index (κ1) is 21.3. The fourth-order valence-electron chi connectivity index (χ4n) is 3.86. The molecule has 1 aromatic heterocycles. The quantitative estimate of drug-likeness (QED) is 0.343. The number of rotatable bonds is 10. The number of nitrogens with zero attached hydrogens (tertiary/aromatic N) is 2. The van der Waals surface area contributed by atoms with E-state index in [9.17, 15) is 9.90 Å². The molecule has 0 atom stereocenters. The summed E-state index contributed by atoms with van der Waals surface area (Å²) < 4.78 is 13.4. The molecule has 162 valence electrons. The first-order valence-corrected chi connectivity index (χ1v) is 10.6. The van der Waals surface area contributed by atoms with Crippen molar-refractivity contribution in [1.82, 2.24) is 4.57 Å². The minimum absolute atomic E-state index is 0.0948. The average Bonchev–Trinajstić information content (AvgIpc) is 3.11. The van der Waals surface area contributed by atoms with Crippen molar-refractivity contribution in [3.63, 3.8) is 0 Å². The van der Waals surface area contributed by atoms with Gasteiger partial charge >= 0.3 is 5.97 Å². The van der Waals surface area contributed by atoms with E-state index in [-0.39, 0.29) is 6.54 Å². The molecular formula is C26H24N2O4. The fourth-order valence-corrected chi connectivity index (χ4v) is 3.86. The zero-order valence-electron chi connectivity index (χ0n) is 17.7.